The predicted octanol–water partition coefficient (Wildman–Crippen LogP) is 1.36. The Hall–Kier alpha value is -1.64. The van der Waals surface area contributed by atoms with Crippen LogP contribution in [0.25, 0.3) is 0 Å². The maximum absolute atomic E-state index is 13.3. The quantitative estimate of drug-likeness (QED) is 0.781. The number of sulfonamides is 1. The molecule has 1 atom stereocenters. The Kier molecular flexibility index (Phi) is 6.42. The highest BCUT2D eigenvalue weighted by Crippen LogP contribution is 2.31. The summed E-state index contributed by atoms with van der Waals surface area (Å²) in [4.78, 5) is 11.2. The Labute approximate surface area is 149 Å². The first kappa shape index (κ1) is 19.7. The van der Waals surface area contributed by atoms with Gasteiger partial charge in [-0.15, -0.1) is 0 Å². The first-order valence-corrected chi connectivity index (χ1v) is 9.74. The number of ether oxygens (including phenoxy) is 2. The molecule has 1 heterocycles. The number of aryl methyl sites for hydroxylation is 2. The molecule has 0 radical (unpaired) electrons. The first-order valence-electron chi connectivity index (χ1n) is 8.30. The highest BCUT2D eigenvalue weighted by molar-refractivity contribution is 7.89. The Morgan fingerprint density at radius 3 is 2.48 bits per heavy atom. The number of piperidine rings is 1. The Morgan fingerprint density at radius 2 is 1.92 bits per heavy atom. The van der Waals surface area contributed by atoms with Gasteiger partial charge in [-0.05, 0) is 49.9 Å². The van der Waals surface area contributed by atoms with Crippen LogP contribution < -0.4 is 10.5 Å². The molecule has 2 rings (SSSR count). The summed E-state index contributed by atoms with van der Waals surface area (Å²) in [5.41, 5.74) is 6.38. The molecule has 140 valence electrons. The van der Waals surface area contributed by atoms with Gasteiger partial charge in [0.2, 0.25) is 15.9 Å². The minimum Gasteiger partial charge on any atom is -0.497 e. The van der Waals surface area contributed by atoms with Crippen molar-refractivity contribution in [1.29, 1.82) is 0 Å². The van der Waals surface area contributed by atoms with Crippen LogP contribution in [0.3, 0.4) is 0 Å². The number of methoxy groups -OCH3 is 1. The Bertz CT molecular complexity index is 710. The molecule has 0 spiro atoms. The summed E-state index contributed by atoms with van der Waals surface area (Å²) in [6.07, 6.45) is 2.43. The van der Waals surface area contributed by atoms with Crippen molar-refractivity contribution in [3.63, 3.8) is 0 Å². The van der Waals surface area contributed by atoms with Gasteiger partial charge in [0.1, 0.15) is 12.4 Å². The van der Waals surface area contributed by atoms with E-state index in [0.717, 1.165) is 12.8 Å². The Balaban J connectivity index is 2.31. The summed E-state index contributed by atoms with van der Waals surface area (Å²) in [5.74, 6) is 0.0704. The molecule has 1 aromatic rings. The molecule has 0 saturated carbocycles. The fourth-order valence-corrected chi connectivity index (χ4v) is 5.40. The lowest BCUT2D eigenvalue weighted by Crippen LogP contribution is -2.46. The number of carbonyl (C=O) groups excluding carboxylic acids is 1. The highest BCUT2D eigenvalue weighted by Gasteiger charge is 2.35. The third-order valence-corrected chi connectivity index (χ3v) is 6.62. The number of hydrogen-bond donors (Lipinski definition) is 1. The lowest BCUT2D eigenvalue weighted by atomic mass is 10.1. The van der Waals surface area contributed by atoms with Crippen LogP contribution in [0.2, 0.25) is 0 Å². The summed E-state index contributed by atoms with van der Waals surface area (Å²) in [5, 5.41) is 0. The molecule has 25 heavy (non-hydrogen) atoms. The fraction of sp³-hybridized carbons (Fsp3) is 0.588. The van der Waals surface area contributed by atoms with Gasteiger partial charge in [0, 0.05) is 12.6 Å². The molecule has 8 heteroatoms. The normalized spacial score (nSPS) is 18.9. The van der Waals surface area contributed by atoms with Crippen molar-refractivity contribution in [2.24, 2.45) is 5.73 Å². The molecule has 0 aromatic heterocycles. The average Bonchev–Trinajstić information content (AvgIpc) is 2.53. The van der Waals surface area contributed by atoms with Crippen LogP contribution in [0, 0.1) is 13.8 Å². The minimum absolute atomic E-state index is 0.163. The SMILES string of the molecule is COc1cc(C)c(S(=O)(=O)N2CCCC[C@H]2COCC(N)=O)c(C)c1. The number of benzene rings is 1. The van der Waals surface area contributed by atoms with Gasteiger partial charge >= 0.3 is 0 Å². The summed E-state index contributed by atoms with van der Waals surface area (Å²) >= 11 is 0. The second-order valence-electron chi connectivity index (χ2n) is 6.34. The van der Waals surface area contributed by atoms with Crippen LogP contribution in [-0.2, 0) is 19.6 Å². The van der Waals surface area contributed by atoms with E-state index >= 15 is 0 Å². The molecule has 0 bridgehead atoms. The molecule has 1 saturated heterocycles. The summed E-state index contributed by atoms with van der Waals surface area (Å²) in [7, 11) is -2.11. The highest BCUT2D eigenvalue weighted by atomic mass is 32.2. The van der Waals surface area contributed by atoms with E-state index in [9.17, 15) is 13.2 Å². The second-order valence-corrected chi connectivity index (χ2v) is 8.16. The van der Waals surface area contributed by atoms with Crippen molar-refractivity contribution in [2.45, 2.75) is 44.0 Å². The summed E-state index contributed by atoms with van der Waals surface area (Å²) < 4.78 is 38.6. The van der Waals surface area contributed by atoms with E-state index in [2.05, 4.69) is 0 Å². The van der Waals surface area contributed by atoms with Gasteiger partial charge < -0.3 is 15.2 Å². The lowest BCUT2D eigenvalue weighted by molar-refractivity contribution is -0.123. The predicted molar refractivity (Wildman–Crippen MR) is 94.0 cm³/mol. The monoisotopic (exact) mass is 370 g/mol. The number of amides is 1. The van der Waals surface area contributed by atoms with Gasteiger partial charge in [-0.1, -0.05) is 6.42 Å². The molecule has 1 aromatic carbocycles. The molecule has 1 aliphatic heterocycles. The molecule has 1 amide bonds. The van der Waals surface area contributed by atoms with Crippen LogP contribution >= 0.6 is 0 Å². The summed E-state index contributed by atoms with van der Waals surface area (Å²) in [6, 6.07) is 3.16. The third-order valence-electron chi connectivity index (χ3n) is 4.36. The van der Waals surface area contributed by atoms with Crippen LogP contribution in [-0.4, -0.2) is 51.5 Å². The van der Waals surface area contributed by atoms with E-state index in [4.69, 9.17) is 15.2 Å². The average molecular weight is 370 g/mol. The molecule has 2 N–H and O–H groups in total. The number of rotatable bonds is 7. The van der Waals surface area contributed by atoms with Crippen molar-refractivity contribution in [2.75, 3.05) is 26.9 Å². The third kappa shape index (κ3) is 4.50. The largest absolute Gasteiger partial charge is 0.497 e. The van der Waals surface area contributed by atoms with Gasteiger partial charge in [0.05, 0.1) is 18.6 Å². The van der Waals surface area contributed by atoms with E-state index in [0.29, 0.717) is 34.7 Å². The zero-order valence-electron chi connectivity index (χ0n) is 14.9. The molecule has 7 nitrogen and oxygen atoms in total. The molecular weight excluding hydrogens is 344 g/mol. The number of carbonyl (C=O) groups is 1. The van der Waals surface area contributed by atoms with Crippen molar-refractivity contribution in [1.82, 2.24) is 4.31 Å². The number of primary amides is 1. The molecule has 0 aliphatic carbocycles. The van der Waals surface area contributed by atoms with Crippen LogP contribution in [0.4, 0.5) is 0 Å². The van der Waals surface area contributed by atoms with Crippen LogP contribution in [0.1, 0.15) is 30.4 Å². The van der Waals surface area contributed by atoms with Gasteiger partial charge in [0.25, 0.3) is 0 Å². The second kappa shape index (κ2) is 8.16. The minimum atomic E-state index is -3.67. The number of nitrogens with two attached hydrogens (primary N) is 1. The van der Waals surface area contributed by atoms with E-state index in [1.165, 1.54) is 4.31 Å². The lowest BCUT2D eigenvalue weighted by Gasteiger charge is -2.35. The number of nitrogens with zero attached hydrogens (tertiary/aromatic N) is 1. The molecular formula is C17H26N2O5S. The van der Waals surface area contributed by atoms with Gasteiger partial charge in [-0.3, -0.25) is 4.79 Å². The van der Waals surface area contributed by atoms with Crippen molar-refractivity contribution in [3.8, 4) is 5.75 Å². The fourth-order valence-electron chi connectivity index (χ4n) is 3.31. The standard InChI is InChI=1S/C17H26N2O5S/c1-12-8-15(23-3)9-13(2)17(12)25(21,22)19-7-5-4-6-14(19)10-24-11-16(18)20/h8-9,14H,4-7,10-11H2,1-3H3,(H2,18,20)/t14-/m0/s1. The van der Waals surface area contributed by atoms with Crippen LogP contribution in [0.5, 0.6) is 5.75 Å². The van der Waals surface area contributed by atoms with E-state index in [-0.39, 0.29) is 19.3 Å². The van der Waals surface area contributed by atoms with E-state index in [1.807, 2.05) is 0 Å². The van der Waals surface area contributed by atoms with Gasteiger partial charge in [0.15, 0.2) is 0 Å². The molecule has 1 aliphatic rings. The molecule has 0 unspecified atom stereocenters. The van der Waals surface area contributed by atoms with E-state index in [1.54, 1.807) is 33.1 Å². The van der Waals surface area contributed by atoms with Crippen molar-refractivity contribution in [3.05, 3.63) is 23.3 Å². The zero-order valence-corrected chi connectivity index (χ0v) is 15.8. The zero-order chi connectivity index (χ0) is 18.6. The summed E-state index contributed by atoms with van der Waals surface area (Å²) in [6.45, 7) is 3.94. The topological polar surface area (TPSA) is 98.9 Å². The van der Waals surface area contributed by atoms with E-state index < -0.39 is 15.9 Å². The first-order chi connectivity index (χ1) is 11.8. The van der Waals surface area contributed by atoms with Crippen molar-refractivity contribution >= 4 is 15.9 Å². The van der Waals surface area contributed by atoms with Crippen molar-refractivity contribution < 1.29 is 22.7 Å². The molecule has 1 fully saturated rings. The number of hydrogen-bond acceptors (Lipinski definition) is 5. The maximum Gasteiger partial charge on any atom is 0.243 e. The van der Waals surface area contributed by atoms with Gasteiger partial charge in [-0.25, -0.2) is 8.42 Å². The smallest absolute Gasteiger partial charge is 0.243 e. The van der Waals surface area contributed by atoms with Gasteiger partial charge in [-0.2, -0.15) is 4.31 Å². The maximum atomic E-state index is 13.3. The Morgan fingerprint density at radius 1 is 1.28 bits per heavy atom. The van der Waals surface area contributed by atoms with Crippen LogP contribution in [0.15, 0.2) is 17.0 Å².